The van der Waals surface area contributed by atoms with Crippen molar-refractivity contribution in [1.82, 2.24) is 4.90 Å². The quantitative estimate of drug-likeness (QED) is 0.853. The third kappa shape index (κ3) is 3.86. The molecule has 5 heteroatoms. The fourth-order valence-corrected chi connectivity index (χ4v) is 3.51. The largest absolute Gasteiger partial charge is 0.489 e. The molecule has 0 spiro atoms. The molecule has 2 heterocycles. The second-order valence-electron chi connectivity index (χ2n) is 6.74. The highest BCUT2D eigenvalue weighted by molar-refractivity contribution is 6.30. The molecule has 134 valence electrons. The number of hydrogen-bond acceptors (Lipinski definition) is 3. The summed E-state index contributed by atoms with van der Waals surface area (Å²) in [4.78, 5) is 13.6. The summed E-state index contributed by atoms with van der Waals surface area (Å²) in [6, 6.07) is 13.9. The zero-order valence-corrected chi connectivity index (χ0v) is 15.3. The van der Waals surface area contributed by atoms with E-state index in [1.807, 2.05) is 23.1 Å². The molecule has 1 amide bonds. The monoisotopic (exact) mass is 368 g/mol. The Hall–Kier alpha value is -2.46. The van der Waals surface area contributed by atoms with Gasteiger partial charge in [0.1, 0.15) is 12.4 Å². The topological polar surface area (TPSA) is 41.6 Å². The molecule has 0 atom stereocenters. The molecule has 0 aliphatic carbocycles. The Morgan fingerprint density at radius 1 is 1.15 bits per heavy atom. The van der Waals surface area contributed by atoms with Crippen LogP contribution in [0, 0.1) is 0 Å². The van der Waals surface area contributed by atoms with Gasteiger partial charge in [-0.3, -0.25) is 4.79 Å². The second kappa shape index (κ2) is 7.42. The van der Waals surface area contributed by atoms with Crippen LogP contribution in [0.2, 0.25) is 5.02 Å². The highest BCUT2D eigenvalue weighted by Crippen LogP contribution is 2.29. The van der Waals surface area contributed by atoms with E-state index in [1.165, 1.54) is 5.57 Å². The molecule has 2 aromatic rings. The summed E-state index contributed by atoms with van der Waals surface area (Å²) in [7, 11) is 0. The molecule has 0 aromatic heterocycles. The molecule has 1 N–H and O–H groups in total. The maximum atomic E-state index is 11.7. The number of hydrogen-bond donors (Lipinski definition) is 1. The van der Waals surface area contributed by atoms with Crippen LogP contribution in [0.1, 0.15) is 24.0 Å². The highest BCUT2D eigenvalue weighted by atomic mass is 35.5. The summed E-state index contributed by atoms with van der Waals surface area (Å²) >= 11 is 6.06. The number of nitrogens with zero attached hydrogens (tertiary/aromatic N) is 1. The average Bonchev–Trinajstić information content (AvgIpc) is 3.05. The van der Waals surface area contributed by atoms with E-state index in [1.54, 1.807) is 0 Å². The maximum absolute atomic E-state index is 11.7. The first-order chi connectivity index (χ1) is 12.7. The molecule has 2 aliphatic rings. The predicted molar refractivity (Wildman–Crippen MR) is 105 cm³/mol. The van der Waals surface area contributed by atoms with Gasteiger partial charge in [0.25, 0.3) is 0 Å². The van der Waals surface area contributed by atoms with E-state index in [0.717, 1.165) is 42.1 Å². The number of anilines is 1. The van der Waals surface area contributed by atoms with E-state index < -0.39 is 0 Å². The highest BCUT2D eigenvalue weighted by Gasteiger charge is 2.19. The van der Waals surface area contributed by atoms with Gasteiger partial charge in [0.05, 0.1) is 0 Å². The number of fused-ring (bicyclic) bond motifs is 1. The van der Waals surface area contributed by atoms with Gasteiger partial charge in [-0.05, 0) is 54.0 Å². The van der Waals surface area contributed by atoms with Gasteiger partial charge in [0.2, 0.25) is 5.91 Å². The minimum atomic E-state index is 0.261. The fourth-order valence-electron chi connectivity index (χ4n) is 3.33. The smallest absolute Gasteiger partial charge is 0.222 e. The van der Waals surface area contributed by atoms with E-state index in [0.29, 0.717) is 24.6 Å². The van der Waals surface area contributed by atoms with Crippen molar-refractivity contribution in [1.29, 1.82) is 0 Å². The lowest BCUT2D eigenvalue weighted by Crippen LogP contribution is -2.23. The molecule has 0 radical (unpaired) electrons. The van der Waals surface area contributed by atoms with Gasteiger partial charge in [0.15, 0.2) is 0 Å². The van der Waals surface area contributed by atoms with Crippen LogP contribution in [0.25, 0.3) is 6.08 Å². The molecule has 2 aliphatic heterocycles. The van der Waals surface area contributed by atoms with Gasteiger partial charge in [0, 0.05) is 42.3 Å². The van der Waals surface area contributed by atoms with Gasteiger partial charge in [-0.2, -0.15) is 0 Å². The van der Waals surface area contributed by atoms with E-state index >= 15 is 0 Å². The number of amides is 1. The number of rotatable bonds is 5. The lowest BCUT2D eigenvalue weighted by atomic mass is 10.1. The van der Waals surface area contributed by atoms with E-state index in [-0.39, 0.29) is 5.91 Å². The van der Waals surface area contributed by atoms with Crippen LogP contribution >= 0.6 is 11.6 Å². The molecule has 4 rings (SSSR count). The van der Waals surface area contributed by atoms with Crippen molar-refractivity contribution in [3.63, 3.8) is 0 Å². The lowest BCUT2D eigenvalue weighted by molar-refractivity contribution is -0.128. The lowest BCUT2D eigenvalue weighted by Gasteiger charge is -2.19. The molecule has 2 aromatic carbocycles. The molecule has 0 saturated carbocycles. The predicted octanol–water partition coefficient (Wildman–Crippen LogP) is 4.35. The van der Waals surface area contributed by atoms with Crippen LogP contribution < -0.4 is 10.1 Å². The van der Waals surface area contributed by atoms with Crippen LogP contribution in [-0.4, -0.2) is 30.5 Å². The zero-order valence-electron chi connectivity index (χ0n) is 14.5. The summed E-state index contributed by atoms with van der Waals surface area (Å²) in [5.74, 6) is 1.13. The number of halogens is 1. The molecule has 1 fully saturated rings. The van der Waals surface area contributed by atoms with Crippen molar-refractivity contribution >= 4 is 29.3 Å². The Labute approximate surface area is 158 Å². The fraction of sp³-hybridized carbons (Fsp3) is 0.286. The molecular weight excluding hydrogens is 348 g/mol. The summed E-state index contributed by atoms with van der Waals surface area (Å²) in [6.45, 7) is 2.88. The van der Waals surface area contributed by atoms with E-state index in [4.69, 9.17) is 16.3 Å². The third-order valence-electron chi connectivity index (χ3n) is 4.76. The van der Waals surface area contributed by atoms with Crippen molar-refractivity contribution in [2.75, 3.05) is 25.0 Å². The Bertz CT molecular complexity index is 846. The van der Waals surface area contributed by atoms with Crippen molar-refractivity contribution in [2.45, 2.75) is 19.4 Å². The number of carbonyl (C=O) groups excluding carboxylic acids is 1. The van der Waals surface area contributed by atoms with Crippen LogP contribution in [-0.2, 0) is 11.3 Å². The number of likely N-dealkylation sites (tertiary alicyclic amines) is 1. The summed E-state index contributed by atoms with van der Waals surface area (Å²) in [6.07, 6.45) is 3.79. The first kappa shape index (κ1) is 17.0. The summed E-state index contributed by atoms with van der Waals surface area (Å²) in [5.41, 5.74) is 4.41. The first-order valence-corrected chi connectivity index (χ1v) is 9.27. The molecule has 0 unspecified atom stereocenters. The Morgan fingerprint density at radius 3 is 2.77 bits per heavy atom. The molecule has 26 heavy (non-hydrogen) atoms. The molecule has 1 saturated heterocycles. The van der Waals surface area contributed by atoms with E-state index in [2.05, 4.69) is 35.7 Å². The number of carbonyl (C=O) groups is 1. The van der Waals surface area contributed by atoms with Crippen molar-refractivity contribution in [2.24, 2.45) is 0 Å². The standard InChI is InChI=1S/C21H21ClN2O2/c22-18-5-8-20-17(11-18)10-16(14-26-20)12-23-19-6-3-15(4-7-19)13-24-9-1-2-21(24)25/h3-8,10-11,23H,1-2,9,12-14H2. The summed E-state index contributed by atoms with van der Waals surface area (Å²) < 4.78 is 5.78. The molecular formula is C21H21ClN2O2. The second-order valence-corrected chi connectivity index (χ2v) is 7.18. The molecule has 0 bridgehead atoms. The summed E-state index contributed by atoms with van der Waals surface area (Å²) in [5, 5.41) is 4.14. The Morgan fingerprint density at radius 2 is 2.00 bits per heavy atom. The average molecular weight is 369 g/mol. The normalized spacial score (nSPS) is 16.1. The third-order valence-corrected chi connectivity index (χ3v) is 5.00. The minimum Gasteiger partial charge on any atom is -0.489 e. The van der Waals surface area contributed by atoms with Gasteiger partial charge < -0.3 is 15.0 Å². The van der Waals surface area contributed by atoms with Crippen LogP contribution in [0.15, 0.2) is 48.0 Å². The zero-order chi connectivity index (χ0) is 17.9. The van der Waals surface area contributed by atoms with Crippen molar-refractivity contribution in [3.8, 4) is 5.75 Å². The van der Waals surface area contributed by atoms with Crippen molar-refractivity contribution < 1.29 is 9.53 Å². The number of ether oxygens (including phenoxy) is 1. The maximum Gasteiger partial charge on any atom is 0.222 e. The van der Waals surface area contributed by atoms with Crippen LogP contribution in [0.3, 0.4) is 0 Å². The van der Waals surface area contributed by atoms with Gasteiger partial charge in [-0.25, -0.2) is 0 Å². The molecule has 4 nitrogen and oxygen atoms in total. The SMILES string of the molecule is O=C1CCCN1Cc1ccc(NCC2=Cc3cc(Cl)ccc3OC2)cc1. The Kier molecular flexibility index (Phi) is 4.85. The van der Waals surface area contributed by atoms with Gasteiger partial charge >= 0.3 is 0 Å². The first-order valence-electron chi connectivity index (χ1n) is 8.90. The van der Waals surface area contributed by atoms with Crippen LogP contribution in [0.5, 0.6) is 5.75 Å². The minimum absolute atomic E-state index is 0.261. The van der Waals surface area contributed by atoms with Gasteiger partial charge in [-0.1, -0.05) is 23.7 Å². The number of nitrogens with one attached hydrogen (secondary N) is 1. The Balaban J connectivity index is 1.35. The van der Waals surface area contributed by atoms with E-state index in [9.17, 15) is 4.79 Å². The number of benzene rings is 2. The van der Waals surface area contributed by atoms with Crippen LogP contribution in [0.4, 0.5) is 5.69 Å². The van der Waals surface area contributed by atoms with Crippen molar-refractivity contribution in [3.05, 3.63) is 64.2 Å². The van der Waals surface area contributed by atoms with Gasteiger partial charge in [-0.15, -0.1) is 0 Å².